The Morgan fingerprint density at radius 2 is 2.12 bits per heavy atom. The van der Waals surface area contributed by atoms with Gasteiger partial charge in [0.25, 0.3) is 5.91 Å². The van der Waals surface area contributed by atoms with Gasteiger partial charge in [-0.1, -0.05) is 24.3 Å². The molecule has 1 saturated heterocycles. The predicted molar refractivity (Wildman–Crippen MR) is 87.0 cm³/mol. The summed E-state index contributed by atoms with van der Waals surface area (Å²) in [6, 6.07) is 7.29. The van der Waals surface area contributed by atoms with Crippen LogP contribution in [0.1, 0.15) is 37.3 Å². The topological polar surface area (TPSA) is 78.5 Å². The second-order valence-corrected chi connectivity index (χ2v) is 7.08. The first kappa shape index (κ1) is 15.2. The molecular formula is C18H21N3O3. The molecule has 4 rings (SSSR count). The molecule has 2 fully saturated rings. The van der Waals surface area contributed by atoms with Crippen molar-refractivity contribution in [1.29, 1.82) is 0 Å². The van der Waals surface area contributed by atoms with Crippen LogP contribution in [0.25, 0.3) is 0 Å². The van der Waals surface area contributed by atoms with Crippen LogP contribution in [0.15, 0.2) is 24.3 Å². The van der Waals surface area contributed by atoms with E-state index in [1.54, 1.807) is 0 Å². The van der Waals surface area contributed by atoms with E-state index in [-0.39, 0.29) is 24.4 Å². The van der Waals surface area contributed by atoms with Crippen LogP contribution < -0.4 is 10.6 Å². The molecule has 1 aromatic carbocycles. The number of aryl methyl sites for hydroxylation is 1. The third kappa shape index (κ3) is 2.28. The summed E-state index contributed by atoms with van der Waals surface area (Å²) >= 11 is 0. The number of hydrogen-bond acceptors (Lipinski definition) is 3. The average Bonchev–Trinajstić information content (AvgIpc) is 3.31. The van der Waals surface area contributed by atoms with E-state index in [1.807, 2.05) is 31.2 Å². The molecule has 126 valence electrons. The van der Waals surface area contributed by atoms with Gasteiger partial charge in [-0.05, 0) is 49.7 Å². The standard InChI is InChI=1S/C18H21N3O3/c1-11(12-6-7-12)19-15(22)10-21-16(23)18(20-17(21)24)9-8-13-4-2-3-5-14(13)18/h2-5,11-12H,6-10H2,1H3,(H,19,22)(H,20,24)/t11-,18+/m0/s1. The fourth-order valence-corrected chi connectivity index (χ4v) is 3.89. The van der Waals surface area contributed by atoms with E-state index in [0.29, 0.717) is 12.3 Å². The molecule has 4 amide bonds. The molecule has 2 N–H and O–H groups in total. The van der Waals surface area contributed by atoms with Gasteiger partial charge >= 0.3 is 6.03 Å². The fourth-order valence-electron chi connectivity index (χ4n) is 3.89. The smallest absolute Gasteiger partial charge is 0.325 e. The molecule has 0 aromatic heterocycles. The van der Waals surface area contributed by atoms with Gasteiger partial charge in [-0.3, -0.25) is 14.5 Å². The van der Waals surface area contributed by atoms with E-state index in [4.69, 9.17) is 0 Å². The van der Waals surface area contributed by atoms with Gasteiger partial charge in [-0.25, -0.2) is 4.79 Å². The van der Waals surface area contributed by atoms with Crippen molar-refractivity contribution in [2.45, 2.75) is 44.2 Å². The van der Waals surface area contributed by atoms with Crippen molar-refractivity contribution in [3.8, 4) is 0 Å². The first-order valence-corrected chi connectivity index (χ1v) is 8.53. The van der Waals surface area contributed by atoms with Crippen molar-refractivity contribution in [2.24, 2.45) is 5.92 Å². The van der Waals surface area contributed by atoms with E-state index >= 15 is 0 Å². The van der Waals surface area contributed by atoms with Gasteiger partial charge in [0.05, 0.1) is 0 Å². The monoisotopic (exact) mass is 327 g/mol. The highest BCUT2D eigenvalue weighted by molar-refractivity contribution is 6.09. The highest BCUT2D eigenvalue weighted by Gasteiger charge is 2.55. The highest BCUT2D eigenvalue weighted by atomic mass is 16.2. The maximum absolute atomic E-state index is 12.9. The first-order valence-electron chi connectivity index (χ1n) is 8.53. The van der Waals surface area contributed by atoms with Crippen LogP contribution >= 0.6 is 0 Å². The summed E-state index contributed by atoms with van der Waals surface area (Å²) < 4.78 is 0. The maximum Gasteiger partial charge on any atom is 0.325 e. The van der Waals surface area contributed by atoms with Crippen molar-refractivity contribution in [1.82, 2.24) is 15.5 Å². The molecule has 6 nitrogen and oxygen atoms in total. The molecule has 1 saturated carbocycles. The van der Waals surface area contributed by atoms with E-state index in [1.165, 1.54) is 0 Å². The minimum absolute atomic E-state index is 0.0967. The van der Waals surface area contributed by atoms with Crippen LogP contribution in [0.4, 0.5) is 4.79 Å². The van der Waals surface area contributed by atoms with Gasteiger partial charge in [0.15, 0.2) is 0 Å². The lowest BCUT2D eigenvalue weighted by atomic mass is 9.92. The number of urea groups is 1. The Balaban J connectivity index is 1.51. The van der Waals surface area contributed by atoms with Gasteiger partial charge in [0.2, 0.25) is 5.91 Å². The number of nitrogens with zero attached hydrogens (tertiary/aromatic N) is 1. The largest absolute Gasteiger partial charge is 0.352 e. The van der Waals surface area contributed by atoms with Crippen LogP contribution in [-0.2, 0) is 21.5 Å². The zero-order valence-corrected chi connectivity index (χ0v) is 13.7. The number of amides is 4. The van der Waals surface area contributed by atoms with Crippen molar-refractivity contribution < 1.29 is 14.4 Å². The number of nitrogens with one attached hydrogen (secondary N) is 2. The zero-order chi connectivity index (χ0) is 16.9. The van der Waals surface area contributed by atoms with Crippen LogP contribution in [-0.4, -0.2) is 35.3 Å². The molecule has 1 aromatic rings. The van der Waals surface area contributed by atoms with Crippen LogP contribution in [0.5, 0.6) is 0 Å². The molecule has 3 aliphatic rings. The molecule has 0 radical (unpaired) electrons. The number of hydrogen-bond donors (Lipinski definition) is 2. The molecule has 0 unspecified atom stereocenters. The summed E-state index contributed by atoms with van der Waals surface area (Å²) in [6.07, 6.45) is 3.56. The average molecular weight is 327 g/mol. The SMILES string of the molecule is C[C@H](NC(=O)CN1C(=O)N[C@@]2(CCc3ccccc32)C1=O)C1CC1. The van der Waals surface area contributed by atoms with Crippen molar-refractivity contribution in [3.05, 3.63) is 35.4 Å². The minimum Gasteiger partial charge on any atom is -0.352 e. The molecule has 2 aliphatic carbocycles. The number of fused-ring (bicyclic) bond motifs is 2. The third-order valence-corrected chi connectivity index (χ3v) is 5.44. The predicted octanol–water partition coefficient (Wildman–Crippen LogP) is 1.29. The number of imide groups is 1. The lowest BCUT2D eigenvalue weighted by Gasteiger charge is -2.22. The summed E-state index contributed by atoms with van der Waals surface area (Å²) in [6.45, 7) is 1.75. The van der Waals surface area contributed by atoms with E-state index in [2.05, 4.69) is 10.6 Å². The lowest BCUT2D eigenvalue weighted by molar-refractivity contribution is -0.135. The van der Waals surface area contributed by atoms with Gasteiger partial charge in [0, 0.05) is 6.04 Å². The second-order valence-electron chi connectivity index (χ2n) is 7.08. The van der Waals surface area contributed by atoms with Gasteiger partial charge in [-0.15, -0.1) is 0 Å². The number of carbonyl (C=O) groups is 3. The van der Waals surface area contributed by atoms with Crippen LogP contribution in [0.3, 0.4) is 0 Å². The fraction of sp³-hybridized carbons (Fsp3) is 0.500. The molecule has 1 heterocycles. The Kier molecular flexibility index (Phi) is 3.37. The summed E-state index contributed by atoms with van der Waals surface area (Å²) in [5, 5.41) is 5.73. The molecule has 6 heteroatoms. The Bertz CT molecular complexity index is 728. The van der Waals surface area contributed by atoms with E-state index in [9.17, 15) is 14.4 Å². The van der Waals surface area contributed by atoms with Crippen LogP contribution in [0.2, 0.25) is 0 Å². The molecular weight excluding hydrogens is 306 g/mol. The minimum atomic E-state index is -0.990. The maximum atomic E-state index is 12.9. The molecule has 1 aliphatic heterocycles. The molecule has 1 spiro atoms. The Morgan fingerprint density at radius 1 is 1.38 bits per heavy atom. The van der Waals surface area contributed by atoms with Gasteiger partial charge < -0.3 is 10.6 Å². The third-order valence-electron chi connectivity index (χ3n) is 5.44. The summed E-state index contributed by atoms with van der Waals surface area (Å²) in [5.41, 5.74) is 0.952. The number of rotatable bonds is 4. The summed E-state index contributed by atoms with van der Waals surface area (Å²) in [4.78, 5) is 38.5. The Labute approximate surface area is 140 Å². The van der Waals surface area contributed by atoms with Crippen molar-refractivity contribution >= 4 is 17.8 Å². The van der Waals surface area contributed by atoms with E-state index in [0.717, 1.165) is 35.3 Å². The Hall–Kier alpha value is -2.37. The van der Waals surface area contributed by atoms with Crippen molar-refractivity contribution in [3.63, 3.8) is 0 Å². The normalized spacial score (nSPS) is 26.5. The molecule has 0 bridgehead atoms. The first-order chi connectivity index (χ1) is 11.5. The van der Waals surface area contributed by atoms with Gasteiger partial charge in [0.1, 0.15) is 12.1 Å². The number of benzene rings is 1. The molecule has 24 heavy (non-hydrogen) atoms. The second kappa shape index (κ2) is 5.33. The zero-order valence-electron chi connectivity index (χ0n) is 13.7. The quantitative estimate of drug-likeness (QED) is 0.818. The summed E-state index contributed by atoms with van der Waals surface area (Å²) in [7, 11) is 0. The summed E-state index contributed by atoms with van der Waals surface area (Å²) in [5.74, 6) is -0.0574. The lowest BCUT2D eigenvalue weighted by Crippen LogP contribution is -2.45. The Morgan fingerprint density at radius 3 is 2.88 bits per heavy atom. The van der Waals surface area contributed by atoms with Crippen LogP contribution in [0, 0.1) is 5.92 Å². The van der Waals surface area contributed by atoms with Crippen molar-refractivity contribution in [2.75, 3.05) is 6.54 Å². The number of carbonyl (C=O) groups excluding carboxylic acids is 3. The molecule has 2 atom stereocenters. The van der Waals surface area contributed by atoms with E-state index < -0.39 is 11.6 Å². The highest BCUT2D eigenvalue weighted by Crippen LogP contribution is 2.41. The van der Waals surface area contributed by atoms with Gasteiger partial charge in [-0.2, -0.15) is 0 Å².